The fourth-order valence-electron chi connectivity index (χ4n) is 2.33. The Kier molecular flexibility index (Phi) is 3.65. The Bertz CT molecular complexity index is 754. The van der Waals surface area contributed by atoms with Crippen LogP contribution in [0.4, 0.5) is 5.69 Å². The van der Waals surface area contributed by atoms with Gasteiger partial charge in [-0.25, -0.2) is 0 Å². The number of ether oxygens (including phenoxy) is 1. The lowest BCUT2D eigenvalue weighted by molar-refractivity contribution is 0.347. The number of phenolic OH excluding ortho intramolecular Hbond substituents is 1. The van der Waals surface area contributed by atoms with E-state index in [0.717, 1.165) is 27.8 Å². The molecule has 0 aliphatic rings. The van der Waals surface area contributed by atoms with E-state index in [2.05, 4.69) is 11.4 Å². The third-order valence-corrected chi connectivity index (χ3v) is 3.33. The van der Waals surface area contributed by atoms with Gasteiger partial charge in [-0.15, -0.1) is 0 Å². The van der Waals surface area contributed by atoms with Crippen LogP contribution >= 0.6 is 0 Å². The van der Waals surface area contributed by atoms with Crippen LogP contribution in [0.25, 0.3) is 10.8 Å². The normalized spacial score (nSPS) is 10.5. The molecule has 0 aliphatic carbocycles. The standard InChI is InChI=1S/C18H17NO2/c1-13-9-14-11-15(7-8-17(14)18(20)10-13)19-12-21-16-5-3-2-4-6-16/h2-11,19-20H,12H2,1H3. The number of rotatable bonds is 4. The van der Waals surface area contributed by atoms with Crippen molar-refractivity contribution in [3.8, 4) is 11.5 Å². The van der Waals surface area contributed by atoms with Gasteiger partial charge >= 0.3 is 0 Å². The summed E-state index contributed by atoms with van der Waals surface area (Å²) in [5, 5.41) is 15.0. The molecule has 2 N–H and O–H groups in total. The largest absolute Gasteiger partial charge is 0.507 e. The Hall–Kier alpha value is -2.68. The average molecular weight is 279 g/mol. The van der Waals surface area contributed by atoms with Crippen LogP contribution in [0.1, 0.15) is 5.56 Å². The Morgan fingerprint density at radius 3 is 2.62 bits per heavy atom. The third-order valence-electron chi connectivity index (χ3n) is 3.33. The Morgan fingerprint density at radius 2 is 1.81 bits per heavy atom. The maximum absolute atomic E-state index is 9.92. The van der Waals surface area contributed by atoms with Crippen molar-refractivity contribution in [1.82, 2.24) is 0 Å². The van der Waals surface area contributed by atoms with Crippen molar-refractivity contribution >= 4 is 16.5 Å². The molecular formula is C18H17NO2. The van der Waals surface area contributed by atoms with E-state index < -0.39 is 0 Å². The maximum atomic E-state index is 9.92. The van der Waals surface area contributed by atoms with Crippen LogP contribution in [-0.2, 0) is 0 Å². The molecule has 3 aromatic rings. The molecule has 106 valence electrons. The fourth-order valence-corrected chi connectivity index (χ4v) is 2.33. The summed E-state index contributed by atoms with van der Waals surface area (Å²) < 4.78 is 5.61. The van der Waals surface area contributed by atoms with E-state index in [1.54, 1.807) is 6.07 Å². The van der Waals surface area contributed by atoms with Gasteiger partial charge in [0.05, 0.1) is 0 Å². The number of benzene rings is 3. The molecule has 3 nitrogen and oxygen atoms in total. The van der Waals surface area contributed by atoms with E-state index in [1.807, 2.05) is 55.5 Å². The van der Waals surface area contributed by atoms with Crippen LogP contribution in [0.3, 0.4) is 0 Å². The Labute approximate surface area is 123 Å². The summed E-state index contributed by atoms with van der Waals surface area (Å²) in [6.45, 7) is 2.37. The molecule has 3 heteroatoms. The molecule has 0 saturated carbocycles. The first-order chi connectivity index (χ1) is 10.2. The summed E-state index contributed by atoms with van der Waals surface area (Å²) >= 11 is 0. The number of hydrogen-bond donors (Lipinski definition) is 2. The second-order valence-electron chi connectivity index (χ2n) is 5.00. The molecular weight excluding hydrogens is 262 g/mol. The number of fused-ring (bicyclic) bond motifs is 1. The van der Waals surface area contributed by atoms with Crippen molar-refractivity contribution in [3.05, 3.63) is 66.2 Å². The molecule has 0 aliphatic heterocycles. The summed E-state index contributed by atoms with van der Waals surface area (Å²) in [7, 11) is 0. The van der Waals surface area contributed by atoms with Crippen LogP contribution in [0.5, 0.6) is 11.5 Å². The van der Waals surface area contributed by atoms with E-state index in [-0.39, 0.29) is 0 Å². The van der Waals surface area contributed by atoms with Crippen LogP contribution < -0.4 is 10.1 Å². The first kappa shape index (κ1) is 13.3. The highest BCUT2D eigenvalue weighted by atomic mass is 16.5. The molecule has 3 rings (SSSR count). The number of hydrogen-bond acceptors (Lipinski definition) is 3. The minimum atomic E-state index is 0.317. The lowest BCUT2D eigenvalue weighted by Crippen LogP contribution is -2.08. The van der Waals surface area contributed by atoms with Crippen molar-refractivity contribution in [1.29, 1.82) is 0 Å². The van der Waals surface area contributed by atoms with Crippen molar-refractivity contribution < 1.29 is 9.84 Å². The first-order valence-electron chi connectivity index (χ1n) is 6.87. The second-order valence-corrected chi connectivity index (χ2v) is 5.00. The van der Waals surface area contributed by atoms with Gasteiger partial charge in [0.1, 0.15) is 11.5 Å². The lowest BCUT2D eigenvalue weighted by atomic mass is 10.1. The zero-order valence-electron chi connectivity index (χ0n) is 11.8. The zero-order chi connectivity index (χ0) is 14.7. The van der Waals surface area contributed by atoms with E-state index in [9.17, 15) is 5.11 Å². The van der Waals surface area contributed by atoms with Gasteiger partial charge in [-0.1, -0.05) is 24.3 Å². The molecule has 0 bridgehead atoms. The van der Waals surface area contributed by atoms with Crippen LogP contribution in [-0.4, -0.2) is 11.8 Å². The van der Waals surface area contributed by atoms with Gasteiger partial charge in [-0.2, -0.15) is 0 Å². The van der Waals surface area contributed by atoms with Crippen molar-refractivity contribution in [2.45, 2.75) is 6.92 Å². The highest BCUT2D eigenvalue weighted by Gasteiger charge is 2.02. The summed E-state index contributed by atoms with van der Waals surface area (Å²) in [6.07, 6.45) is 0. The fraction of sp³-hybridized carbons (Fsp3) is 0.111. The van der Waals surface area contributed by atoms with Crippen molar-refractivity contribution in [3.63, 3.8) is 0 Å². The van der Waals surface area contributed by atoms with Crippen molar-refractivity contribution in [2.75, 3.05) is 12.0 Å². The molecule has 0 aromatic heterocycles. The summed E-state index contributed by atoms with van der Waals surface area (Å²) in [5.74, 6) is 1.15. The summed E-state index contributed by atoms with van der Waals surface area (Å²) in [4.78, 5) is 0. The minimum Gasteiger partial charge on any atom is -0.507 e. The lowest BCUT2D eigenvalue weighted by Gasteiger charge is -2.10. The molecule has 0 fully saturated rings. The van der Waals surface area contributed by atoms with Gasteiger partial charge in [0.25, 0.3) is 0 Å². The van der Waals surface area contributed by atoms with E-state index in [4.69, 9.17) is 4.74 Å². The molecule has 0 amide bonds. The van der Waals surface area contributed by atoms with E-state index in [0.29, 0.717) is 12.5 Å². The Balaban J connectivity index is 1.73. The quantitative estimate of drug-likeness (QED) is 0.699. The molecule has 0 unspecified atom stereocenters. The molecule has 0 heterocycles. The molecule has 0 radical (unpaired) electrons. The molecule has 21 heavy (non-hydrogen) atoms. The van der Waals surface area contributed by atoms with Gasteiger partial charge in [0.2, 0.25) is 0 Å². The average Bonchev–Trinajstić information content (AvgIpc) is 2.48. The third kappa shape index (κ3) is 3.08. The van der Waals surface area contributed by atoms with Crippen LogP contribution in [0.2, 0.25) is 0 Å². The number of para-hydroxylation sites is 1. The maximum Gasteiger partial charge on any atom is 0.159 e. The molecule has 0 spiro atoms. The number of aryl methyl sites for hydroxylation is 1. The van der Waals surface area contributed by atoms with Gasteiger partial charge in [-0.3, -0.25) is 0 Å². The summed E-state index contributed by atoms with van der Waals surface area (Å²) in [6, 6.07) is 19.4. The second kappa shape index (κ2) is 5.75. The van der Waals surface area contributed by atoms with Crippen molar-refractivity contribution in [2.24, 2.45) is 0 Å². The SMILES string of the molecule is Cc1cc(O)c2ccc(NCOc3ccccc3)cc2c1. The molecule has 0 atom stereocenters. The van der Waals surface area contributed by atoms with E-state index in [1.165, 1.54) is 0 Å². The smallest absolute Gasteiger partial charge is 0.159 e. The number of anilines is 1. The minimum absolute atomic E-state index is 0.317. The van der Waals surface area contributed by atoms with Gasteiger partial charge in [0, 0.05) is 11.1 Å². The topological polar surface area (TPSA) is 41.5 Å². The van der Waals surface area contributed by atoms with Crippen LogP contribution in [0.15, 0.2) is 60.7 Å². The Morgan fingerprint density at radius 1 is 1.00 bits per heavy atom. The highest BCUT2D eigenvalue weighted by Crippen LogP contribution is 2.28. The predicted molar refractivity (Wildman–Crippen MR) is 85.9 cm³/mol. The van der Waals surface area contributed by atoms with E-state index >= 15 is 0 Å². The predicted octanol–water partition coefficient (Wildman–Crippen LogP) is 4.30. The molecule has 0 saturated heterocycles. The number of aromatic hydroxyl groups is 1. The first-order valence-corrected chi connectivity index (χ1v) is 6.87. The van der Waals surface area contributed by atoms with Gasteiger partial charge in [-0.05, 0) is 54.3 Å². The molecule has 3 aromatic carbocycles. The highest BCUT2D eigenvalue weighted by molar-refractivity contribution is 5.91. The number of nitrogens with one attached hydrogen (secondary N) is 1. The summed E-state index contributed by atoms with van der Waals surface area (Å²) in [5.41, 5.74) is 2.00. The monoisotopic (exact) mass is 279 g/mol. The van der Waals surface area contributed by atoms with Crippen LogP contribution in [0, 0.1) is 6.92 Å². The van der Waals surface area contributed by atoms with Gasteiger partial charge < -0.3 is 15.2 Å². The van der Waals surface area contributed by atoms with Gasteiger partial charge in [0.15, 0.2) is 6.73 Å². The number of phenols is 1. The zero-order valence-corrected chi connectivity index (χ0v) is 11.8.